The summed E-state index contributed by atoms with van der Waals surface area (Å²) < 4.78 is 32.2. The van der Waals surface area contributed by atoms with Crippen LogP contribution in [0, 0.1) is 5.92 Å². The third-order valence-corrected chi connectivity index (χ3v) is 6.86. The Hall–Kier alpha value is -1.41. The number of aliphatic hydroxyl groups is 1. The van der Waals surface area contributed by atoms with E-state index in [0.717, 1.165) is 5.56 Å². The molecule has 5 nitrogen and oxygen atoms in total. The van der Waals surface area contributed by atoms with E-state index in [1.54, 1.807) is 42.7 Å². The highest BCUT2D eigenvalue weighted by Crippen LogP contribution is 2.36. The third-order valence-electron chi connectivity index (χ3n) is 4.31. The van der Waals surface area contributed by atoms with E-state index in [-0.39, 0.29) is 23.3 Å². The van der Waals surface area contributed by atoms with Crippen molar-refractivity contribution in [3.05, 3.63) is 46.7 Å². The number of hydrogen-bond donors (Lipinski definition) is 1. The molecule has 0 unspecified atom stereocenters. The lowest BCUT2D eigenvalue weighted by Crippen LogP contribution is -2.29. The fourth-order valence-electron chi connectivity index (χ4n) is 2.97. The van der Waals surface area contributed by atoms with Crippen LogP contribution in [0.1, 0.15) is 11.5 Å². The highest BCUT2D eigenvalue weighted by molar-refractivity contribution is 7.89. The Bertz CT molecular complexity index is 741. The van der Waals surface area contributed by atoms with E-state index < -0.39 is 10.0 Å². The molecule has 124 valence electrons. The van der Waals surface area contributed by atoms with E-state index in [4.69, 9.17) is 4.74 Å². The van der Waals surface area contributed by atoms with Crippen LogP contribution in [0.15, 0.2) is 46.0 Å². The van der Waals surface area contributed by atoms with Crippen LogP contribution in [-0.4, -0.2) is 44.6 Å². The molecule has 23 heavy (non-hydrogen) atoms. The lowest BCUT2D eigenvalue weighted by atomic mass is 9.92. The minimum absolute atomic E-state index is 0.0187. The number of methoxy groups -OCH3 is 1. The smallest absolute Gasteiger partial charge is 0.243 e. The number of benzene rings is 1. The molecular formula is C16H19NO4S2. The second kappa shape index (κ2) is 6.60. The molecule has 2 aromatic rings. The number of sulfonamides is 1. The highest BCUT2D eigenvalue weighted by atomic mass is 32.2. The van der Waals surface area contributed by atoms with Gasteiger partial charge in [-0.25, -0.2) is 8.42 Å². The van der Waals surface area contributed by atoms with E-state index in [1.807, 2.05) is 16.8 Å². The Kier molecular flexibility index (Phi) is 4.72. The van der Waals surface area contributed by atoms with Gasteiger partial charge in [-0.3, -0.25) is 0 Å². The summed E-state index contributed by atoms with van der Waals surface area (Å²) in [5.41, 5.74) is 1.10. The molecule has 1 aliphatic rings. The van der Waals surface area contributed by atoms with Crippen LogP contribution < -0.4 is 4.74 Å². The number of hydrogen-bond acceptors (Lipinski definition) is 5. The van der Waals surface area contributed by atoms with Crippen molar-refractivity contribution in [1.82, 2.24) is 4.31 Å². The number of aliphatic hydroxyl groups excluding tert-OH is 1. The van der Waals surface area contributed by atoms with Crippen LogP contribution in [0.3, 0.4) is 0 Å². The van der Waals surface area contributed by atoms with Gasteiger partial charge in [0.25, 0.3) is 0 Å². The van der Waals surface area contributed by atoms with Gasteiger partial charge in [0.2, 0.25) is 10.0 Å². The maximum absolute atomic E-state index is 12.8. The lowest BCUT2D eigenvalue weighted by molar-refractivity contribution is 0.223. The van der Waals surface area contributed by atoms with Crippen molar-refractivity contribution in [3.63, 3.8) is 0 Å². The molecule has 0 saturated carbocycles. The summed E-state index contributed by atoms with van der Waals surface area (Å²) in [5.74, 6) is 0.589. The molecule has 0 amide bonds. The third kappa shape index (κ3) is 3.14. The topological polar surface area (TPSA) is 66.8 Å². The molecule has 1 aliphatic heterocycles. The maximum Gasteiger partial charge on any atom is 0.243 e. The quantitative estimate of drug-likeness (QED) is 0.894. The van der Waals surface area contributed by atoms with Gasteiger partial charge in [-0.2, -0.15) is 15.6 Å². The van der Waals surface area contributed by atoms with Gasteiger partial charge in [-0.1, -0.05) is 0 Å². The first-order chi connectivity index (χ1) is 11.1. The number of thiophene rings is 1. The monoisotopic (exact) mass is 353 g/mol. The highest BCUT2D eigenvalue weighted by Gasteiger charge is 2.39. The molecule has 7 heteroatoms. The zero-order valence-electron chi connectivity index (χ0n) is 12.8. The van der Waals surface area contributed by atoms with Gasteiger partial charge in [-0.05, 0) is 46.7 Å². The molecule has 3 rings (SSSR count). The Labute approximate surface area is 140 Å². The molecule has 1 aromatic heterocycles. The summed E-state index contributed by atoms with van der Waals surface area (Å²) in [5, 5.41) is 13.6. The van der Waals surface area contributed by atoms with E-state index >= 15 is 0 Å². The summed E-state index contributed by atoms with van der Waals surface area (Å²) in [6.07, 6.45) is 0. The minimum Gasteiger partial charge on any atom is -0.497 e. The van der Waals surface area contributed by atoms with E-state index in [9.17, 15) is 13.5 Å². The lowest BCUT2D eigenvalue weighted by Gasteiger charge is -2.16. The molecule has 0 bridgehead atoms. The van der Waals surface area contributed by atoms with Gasteiger partial charge in [0.1, 0.15) is 5.75 Å². The van der Waals surface area contributed by atoms with Crippen LogP contribution >= 0.6 is 11.3 Å². The molecule has 1 N–H and O–H groups in total. The van der Waals surface area contributed by atoms with Crippen LogP contribution in [-0.2, 0) is 10.0 Å². The summed E-state index contributed by atoms with van der Waals surface area (Å²) in [4.78, 5) is 0.251. The molecule has 2 atom stereocenters. The van der Waals surface area contributed by atoms with Crippen molar-refractivity contribution >= 4 is 21.4 Å². The molecule has 2 heterocycles. The zero-order chi connectivity index (χ0) is 16.4. The van der Waals surface area contributed by atoms with E-state index in [2.05, 4.69) is 0 Å². The summed E-state index contributed by atoms with van der Waals surface area (Å²) in [6, 6.07) is 8.40. The fourth-order valence-corrected chi connectivity index (χ4v) is 5.22. The van der Waals surface area contributed by atoms with Gasteiger partial charge >= 0.3 is 0 Å². The molecular weight excluding hydrogens is 334 g/mol. The summed E-state index contributed by atoms with van der Waals surface area (Å²) in [6.45, 7) is 0.719. The predicted octanol–water partition coefficient (Wildman–Crippen LogP) is 2.15. The largest absolute Gasteiger partial charge is 0.497 e. The second-order valence-electron chi connectivity index (χ2n) is 5.60. The first-order valence-electron chi connectivity index (χ1n) is 7.33. The van der Waals surface area contributed by atoms with Crippen molar-refractivity contribution in [2.45, 2.75) is 10.8 Å². The van der Waals surface area contributed by atoms with Gasteiger partial charge in [0, 0.05) is 31.5 Å². The Balaban J connectivity index is 1.85. The molecule has 1 aromatic carbocycles. The van der Waals surface area contributed by atoms with E-state index in [1.165, 1.54) is 4.31 Å². The minimum atomic E-state index is -3.56. The van der Waals surface area contributed by atoms with Crippen LogP contribution in [0.4, 0.5) is 0 Å². The molecule has 0 aliphatic carbocycles. The Morgan fingerprint density at radius 2 is 2.00 bits per heavy atom. The van der Waals surface area contributed by atoms with Gasteiger partial charge < -0.3 is 9.84 Å². The first kappa shape index (κ1) is 16.4. The Morgan fingerprint density at radius 1 is 1.26 bits per heavy atom. The van der Waals surface area contributed by atoms with Crippen LogP contribution in [0.5, 0.6) is 5.75 Å². The van der Waals surface area contributed by atoms with Crippen molar-refractivity contribution in [2.75, 3.05) is 26.8 Å². The second-order valence-corrected chi connectivity index (χ2v) is 8.32. The molecule has 0 spiro atoms. The molecule has 0 radical (unpaired) electrons. The van der Waals surface area contributed by atoms with Gasteiger partial charge in [0.05, 0.1) is 12.0 Å². The van der Waals surface area contributed by atoms with Crippen molar-refractivity contribution in [2.24, 2.45) is 5.92 Å². The van der Waals surface area contributed by atoms with Crippen LogP contribution in [0.2, 0.25) is 0 Å². The fraction of sp³-hybridized carbons (Fsp3) is 0.375. The normalized spacial score (nSPS) is 22.3. The zero-order valence-corrected chi connectivity index (χ0v) is 14.4. The van der Waals surface area contributed by atoms with Crippen molar-refractivity contribution in [1.29, 1.82) is 0 Å². The average molecular weight is 353 g/mol. The number of rotatable bonds is 5. The SMILES string of the molecule is COc1ccc(S(=O)(=O)N2C[C@H](CO)[C@@H](c3ccsc3)C2)cc1. The van der Waals surface area contributed by atoms with Crippen molar-refractivity contribution in [3.8, 4) is 5.75 Å². The summed E-state index contributed by atoms with van der Waals surface area (Å²) in [7, 11) is -2.02. The standard InChI is InChI=1S/C16H19NO4S2/c1-21-14-2-4-15(5-3-14)23(19,20)17-8-13(10-18)16(9-17)12-6-7-22-11-12/h2-7,11,13,16,18H,8-10H2,1H3/t13-,16-/m1/s1. The molecule has 1 fully saturated rings. The average Bonchev–Trinajstić information content (AvgIpc) is 3.23. The number of nitrogens with zero attached hydrogens (tertiary/aromatic N) is 1. The summed E-state index contributed by atoms with van der Waals surface area (Å²) >= 11 is 1.58. The predicted molar refractivity (Wildman–Crippen MR) is 89.4 cm³/mol. The number of ether oxygens (including phenoxy) is 1. The van der Waals surface area contributed by atoms with Crippen molar-refractivity contribution < 1.29 is 18.3 Å². The van der Waals surface area contributed by atoms with Gasteiger partial charge in [0.15, 0.2) is 0 Å². The van der Waals surface area contributed by atoms with E-state index in [0.29, 0.717) is 18.8 Å². The Morgan fingerprint density at radius 3 is 2.57 bits per heavy atom. The van der Waals surface area contributed by atoms with Gasteiger partial charge in [-0.15, -0.1) is 0 Å². The van der Waals surface area contributed by atoms with Crippen LogP contribution in [0.25, 0.3) is 0 Å². The first-order valence-corrected chi connectivity index (χ1v) is 9.71. The molecule has 1 saturated heterocycles. The maximum atomic E-state index is 12.8.